The number of ether oxygens (including phenoxy) is 1. The quantitative estimate of drug-likeness (QED) is 0.740. The van der Waals surface area contributed by atoms with Crippen molar-refractivity contribution in [3.05, 3.63) is 54.1 Å². The third kappa shape index (κ3) is 2.56. The smallest absolute Gasteiger partial charge is 0.127 e. The number of benzene rings is 2. The highest BCUT2D eigenvalue weighted by atomic mass is 16.5. The van der Waals surface area contributed by atoms with Gasteiger partial charge in [-0.25, -0.2) is 0 Å². The van der Waals surface area contributed by atoms with Gasteiger partial charge < -0.3 is 4.74 Å². The Hall–Kier alpha value is -1.76. The second-order valence-electron chi connectivity index (χ2n) is 4.67. The molecule has 0 bridgehead atoms. The Bertz CT molecular complexity index is 515. The normalized spacial score (nSPS) is 10.7. The molecule has 0 spiro atoms. The van der Waals surface area contributed by atoms with E-state index in [0.29, 0.717) is 12.5 Å². The van der Waals surface area contributed by atoms with Crippen LogP contribution in [0, 0.1) is 0 Å². The van der Waals surface area contributed by atoms with Crippen LogP contribution in [0.25, 0.3) is 11.1 Å². The van der Waals surface area contributed by atoms with E-state index < -0.39 is 0 Å². The van der Waals surface area contributed by atoms with Crippen molar-refractivity contribution in [1.29, 1.82) is 0 Å². The summed E-state index contributed by atoms with van der Waals surface area (Å²) in [6.07, 6.45) is 0. The monoisotopic (exact) mass is 240 g/mol. The summed E-state index contributed by atoms with van der Waals surface area (Å²) in [5.41, 5.74) is 3.82. The summed E-state index contributed by atoms with van der Waals surface area (Å²) in [4.78, 5) is 0. The Labute approximate surface area is 109 Å². The largest absolute Gasteiger partial charge is 0.493 e. The molecule has 0 saturated carbocycles. The van der Waals surface area contributed by atoms with Gasteiger partial charge in [0.15, 0.2) is 0 Å². The summed E-state index contributed by atoms with van der Waals surface area (Å²) in [7, 11) is 0. The molecule has 0 amide bonds. The summed E-state index contributed by atoms with van der Waals surface area (Å²) >= 11 is 0. The van der Waals surface area contributed by atoms with Gasteiger partial charge in [-0.15, -0.1) is 0 Å². The molecule has 2 rings (SSSR count). The molecule has 0 saturated heterocycles. The van der Waals surface area contributed by atoms with Crippen LogP contribution in [0.3, 0.4) is 0 Å². The van der Waals surface area contributed by atoms with Crippen LogP contribution in [0.4, 0.5) is 0 Å². The summed E-state index contributed by atoms with van der Waals surface area (Å²) in [5.74, 6) is 1.48. The molecule has 0 aliphatic rings. The van der Waals surface area contributed by atoms with Crippen LogP contribution >= 0.6 is 0 Å². The van der Waals surface area contributed by atoms with Gasteiger partial charge in [-0.3, -0.25) is 0 Å². The van der Waals surface area contributed by atoms with Gasteiger partial charge in [-0.1, -0.05) is 56.3 Å². The minimum atomic E-state index is 0.510. The van der Waals surface area contributed by atoms with Crippen LogP contribution in [0.15, 0.2) is 48.5 Å². The van der Waals surface area contributed by atoms with Crippen molar-refractivity contribution < 1.29 is 4.74 Å². The molecule has 1 nitrogen and oxygen atoms in total. The number of para-hydroxylation sites is 1. The van der Waals surface area contributed by atoms with E-state index in [1.807, 2.05) is 19.1 Å². The zero-order chi connectivity index (χ0) is 13.0. The van der Waals surface area contributed by atoms with E-state index in [1.165, 1.54) is 16.7 Å². The van der Waals surface area contributed by atoms with Crippen molar-refractivity contribution in [3.8, 4) is 16.9 Å². The van der Waals surface area contributed by atoms with Crippen LogP contribution in [0.5, 0.6) is 5.75 Å². The molecule has 0 N–H and O–H groups in total. The van der Waals surface area contributed by atoms with Crippen molar-refractivity contribution in [2.75, 3.05) is 6.61 Å². The number of hydrogen-bond donors (Lipinski definition) is 0. The topological polar surface area (TPSA) is 9.23 Å². The molecule has 0 aromatic heterocycles. The fourth-order valence-electron chi connectivity index (χ4n) is 2.22. The van der Waals surface area contributed by atoms with Crippen molar-refractivity contribution in [3.63, 3.8) is 0 Å². The summed E-state index contributed by atoms with van der Waals surface area (Å²) in [6.45, 7) is 7.16. The lowest BCUT2D eigenvalue weighted by Gasteiger charge is -2.15. The first-order chi connectivity index (χ1) is 8.74. The van der Waals surface area contributed by atoms with E-state index in [9.17, 15) is 0 Å². The van der Waals surface area contributed by atoms with E-state index in [1.54, 1.807) is 0 Å². The average Bonchev–Trinajstić information content (AvgIpc) is 2.40. The lowest BCUT2D eigenvalue weighted by atomic mass is 9.92. The molecule has 0 radical (unpaired) electrons. The van der Waals surface area contributed by atoms with Crippen molar-refractivity contribution in [1.82, 2.24) is 0 Å². The van der Waals surface area contributed by atoms with Crippen LogP contribution in [-0.4, -0.2) is 6.61 Å². The summed E-state index contributed by atoms with van der Waals surface area (Å²) in [5, 5.41) is 0. The molecule has 94 valence electrons. The minimum Gasteiger partial charge on any atom is -0.493 e. The second kappa shape index (κ2) is 5.72. The first-order valence-corrected chi connectivity index (χ1v) is 6.55. The SMILES string of the molecule is CCOc1ccccc1-c1ccccc1C(C)C. The van der Waals surface area contributed by atoms with Crippen molar-refractivity contribution in [2.24, 2.45) is 0 Å². The van der Waals surface area contributed by atoms with Crippen LogP contribution < -0.4 is 4.74 Å². The number of hydrogen-bond acceptors (Lipinski definition) is 1. The van der Waals surface area contributed by atoms with Gasteiger partial charge in [0.05, 0.1) is 6.61 Å². The van der Waals surface area contributed by atoms with Crippen LogP contribution in [0.2, 0.25) is 0 Å². The molecule has 2 aromatic carbocycles. The molecule has 0 fully saturated rings. The van der Waals surface area contributed by atoms with E-state index >= 15 is 0 Å². The molecule has 2 aromatic rings. The molecule has 0 unspecified atom stereocenters. The zero-order valence-corrected chi connectivity index (χ0v) is 11.3. The van der Waals surface area contributed by atoms with E-state index in [2.05, 4.69) is 50.2 Å². The van der Waals surface area contributed by atoms with Gasteiger partial charge in [0.25, 0.3) is 0 Å². The minimum absolute atomic E-state index is 0.510. The number of rotatable bonds is 4. The molecular formula is C17H20O. The Morgan fingerprint density at radius 3 is 2.17 bits per heavy atom. The lowest BCUT2D eigenvalue weighted by Crippen LogP contribution is -1.97. The standard InChI is InChI=1S/C17H20O/c1-4-18-17-12-8-7-11-16(17)15-10-6-5-9-14(15)13(2)3/h5-13H,4H2,1-3H3. The van der Waals surface area contributed by atoms with E-state index in [-0.39, 0.29) is 0 Å². The van der Waals surface area contributed by atoms with Crippen LogP contribution in [0.1, 0.15) is 32.3 Å². The molecule has 0 aliphatic heterocycles. The van der Waals surface area contributed by atoms with Crippen LogP contribution in [-0.2, 0) is 0 Å². The van der Waals surface area contributed by atoms with Gasteiger partial charge in [-0.2, -0.15) is 0 Å². The van der Waals surface area contributed by atoms with Gasteiger partial charge >= 0.3 is 0 Å². The predicted molar refractivity (Wildman–Crippen MR) is 77.1 cm³/mol. The molecule has 1 heteroatoms. The first-order valence-electron chi connectivity index (χ1n) is 6.55. The average molecular weight is 240 g/mol. The first kappa shape index (κ1) is 12.7. The van der Waals surface area contributed by atoms with Gasteiger partial charge in [0, 0.05) is 5.56 Å². The highest BCUT2D eigenvalue weighted by Crippen LogP contribution is 2.35. The zero-order valence-electron chi connectivity index (χ0n) is 11.3. The van der Waals surface area contributed by atoms with Gasteiger partial charge in [0.2, 0.25) is 0 Å². The Morgan fingerprint density at radius 2 is 1.50 bits per heavy atom. The Kier molecular flexibility index (Phi) is 4.03. The maximum Gasteiger partial charge on any atom is 0.127 e. The Morgan fingerprint density at radius 1 is 0.889 bits per heavy atom. The summed E-state index contributed by atoms with van der Waals surface area (Å²) < 4.78 is 5.73. The van der Waals surface area contributed by atoms with Gasteiger partial charge in [0.1, 0.15) is 5.75 Å². The fourth-order valence-corrected chi connectivity index (χ4v) is 2.22. The van der Waals surface area contributed by atoms with Crippen molar-refractivity contribution in [2.45, 2.75) is 26.7 Å². The highest BCUT2D eigenvalue weighted by Gasteiger charge is 2.11. The lowest BCUT2D eigenvalue weighted by molar-refractivity contribution is 0.341. The maximum absolute atomic E-state index is 5.73. The molecule has 18 heavy (non-hydrogen) atoms. The third-order valence-electron chi connectivity index (χ3n) is 3.06. The van der Waals surface area contributed by atoms with Gasteiger partial charge in [-0.05, 0) is 30.0 Å². The molecule has 0 aliphatic carbocycles. The fraction of sp³-hybridized carbons (Fsp3) is 0.294. The van der Waals surface area contributed by atoms with E-state index in [0.717, 1.165) is 5.75 Å². The van der Waals surface area contributed by atoms with E-state index in [4.69, 9.17) is 4.74 Å². The molecule has 0 heterocycles. The maximum atomic E-state index is 5.73. The predicted octanol–water partition coefficient (Wildman–Crippen LogP) is 4.88. The van der Waals surface area contributed by atoms with Crippen molar-refractivity contribution >= 4 is 0 Å². The Balaban J connectivity index is 2.55. The molecular weight excluding hydrogens is 220 g/mol. The third-order valence-corrected chi connectivity index (χ3v) is 3.06. The molecule has 0 atom stereocenters. The summed E-state index contributed by atoms with van der Waals surface area (Å²) in [6, 6.07) is 16.8. The second-order valence-corrected chi connectivity index (χ2v) is 4.67. The highest BCUT2D eigenvalue weighted by molar-refractivity contribution is 5.73.